The predicted octanol–water partition coefficient (Wildman–Crippen LogP) is 6.25. The maximum Gasteiger partial charge on any atom is 0.313 e. The first kappa shape index (κ1) is 44.4. The van der Waals surface area contributed by atoms with E-state index in [0.29, 0.717) is 49.5 Å². The summed E-state index contributed by atoms with van der Waals surface area (Å²) >= 11 is 0. The minimum atomic E-state index is -1.65. The summed E-state index contributed by atoms with van der Waals surface area (Å²) in [6.45, 7) is 10.7. The van der Waals surface area contributed by atoms with Crippen molar-refractivity contribution in [3.63, 3.8) is 0 Å². The lowest BCUT2D eigenvalue weighted by Crippen LogP contribution is -2.63. The smallest absolute Gasteiger partial charge is 0.313 e. The average molecular weight is 856 g/mol. The van der Waals surface area contributed by atoms with Gasteiger partial charge in [0.25, 0.3) is 0 Å². The van der Waals surface area contributed by atoms with Gasteiger partial charge >= 0.3 is 5.97 Å². The van der Waals surface area contributed by atoms with Crippen molar-refractivity contribution in [3.8, 4) is 11.8 Å². The first-order chi connectivity index (χ1) is 29.4. The molecular weight excluding hydrogens is 783 g/mol. The van der Waals surface area contributed by atoms with Crippen LogP contribution >= 0.6 is 0 Å². The van der Waals surface area contributed by atoms with Gasteiger partial charge in [-0.25, -0.2) is 0 Å². The lowest BCUT2D eigenvalue weighted by atomic mass is 9.45. The fourth-order valence-corrected chi connectivity index (χ4v) is 16.0. The standard InChI is InChI=1S/C52H73NO9/c1-28-8-9-31-12-13-34-29(2)20-45(58)51(5,60)47-37(24-52(61)40-22-42(55)41-23-43(56)44(57)25-49(41,3)39(40)14-16-50(47,52)4)30(7-6-18-54)10-11-32(21-36(34)35(31)19-28)38-27-62-48(59)46(38)33-15-17-53-26-33/h12,15,17,22,26,28-30,32,34-39,41,43-47,53-54,56-58,60-61H,6-9,13-14,16,18-21,23-25,27H2,1-5H3. The van der Waals surface area contributed by atoms with Gasteiger partial charge in [-0.15, -0.1) is 0 Å². The molecule has 2 heterocycles. The summed E-state index contributed by atoms with van der Waals surface area (Å²) in [5, 5.41) is 71.5. The molecule has 0 bridgehead atoms. The molecule has 9 rings (SSSR count). The van der Waals surface area contributed by atoms with E-state index < -0.39 is 64.0 Å². The second-order valence-electron chi connectivity index (χ2n) is 22.7. The SMILES string of the molecule is CC1CCC2=CCC3C(C)CC(O)C(C)(O)C4C(CC5(O)C6=CC(=O)C7CC(O)C(O)CC7(C)C6CCC45C)C(CCCO)C#CC(C4COC(=O)C4c4cc[nH]c4)CC3C2C1. The molecule has 10 nitrogen and oxygen atoms in total. The van der Waals surface area contributed by atoms with Gasteiger partial charge in [-0.2, -0.15) is 0 Å². The molecule has 340 valence electrons. The third kappa shape index (κ3) is 6.96. The molecule has 20 unspecified atom stereocenters. The monoisotopic (exact) mass is 856 g/mol. The summed E-state index contributed by atoms with van der Waals surface area (Å²) in [6.07, 6.45) is 13.0. The lowest BCUT2D eigenvalue weighted by Gasteiger charge is -2.60. The number of ketones is 1. The number of fused-ring (bicyclic) bond motifs is 10. The molecule has 1 saturated heterocycles. The number of rotatable bonds is 5. The highest BCUT2D eigenvalue weighted by Crippen LogP contribution is 2.71. The van der Waals surface area contributed by atoms with Crippen molar-refractivity contribution in [2.45, 2.75) is 154 Å². The van der Waals surface area contributed by atoms with Crippen molar-refractivity contribution in [1.29, 1.82) is 0 Å². The van der Waals surface area contributed by atoms with Crippen molar-refractivity contribution in [2.24, 2.45) is 81.8 Å². The summed E-state index contributed by atoms with van der Waals surface area (Å²) in [6, 6.07) is 1.96. The van der Waals surface area contributed by atoms with Gasteiger partial charge in [-0.1, -0.05) is 51.2 Å². The van der Waals surface area contributed by atoms with Crippen molar-refractivity contribution >= 4 is 11.8 Å². The number of nitrogens with one attached hydrogen (secondary N) is 1. The molecule has 5 fully saturated rings. The fourth-order valence-electron chi connectivity index (χ4n) is 16.0. The van der Waals surface area contributed by atoms with Gasteiger partial charge in [0, 0.05) is 54.0 Å². The third-order valence-electron chi connectivity index (χ3n) is 19.4. The van der Waals surface area contributed by atoms with E-state index in [1.54, 1.807) is 13.0 Å². The van der Waals surface area contributed by atoms with Gasteiger partial charge in [0.2, 0.25) is 0 Å². The van der Waals surface area contributed by atoms with Gasteiger partial charge in [-0.3, -0.25) is 9.59 Å². The molecule has 0 aromatic carbocycles. The van der Waals surface area contributed by atoms with Gasteiger partial charge in [-0.05, 0) is 161 Å². The number of cyclic esters (lactones) is 1. The number of aliphatic hydroxyl groups excluding tert-OH is 4. The van der Waals surface area contributed by atoms with Crippen LogP contribution in [0.25, 0.3) is 0 Å². The minimum absolute atomic E-state index is 0.0453. The van der Waals surface area contributed by atoms with E-state index in [2.05, 4.69) is 36.7 Å². The van der Waals surface area contributed by atoms with Crippen LogP contribution in [0.5, 0.6) is 0 Å². The molecule has 0 radical (unpaired) electrons. The number of carbonyl (C=O) groups excluding carboxylic acids is 2. The zero-order valence-electron chi connectivity index (χ0n) is 37.6. The largest absolute Gasteiger partial charge is 0.465 e. The Bertz CT molecular complexity index is 2000. The molecule has 62 heavy (non-hydrogen) atoms. The first-order valence-electron chi connectivity index (χ1n) is 24.3. The second kappa shape index (κ2) is 16.3. The molecule has 1 aromatic rings. The van der Waals surface area contributed by atoms with Crippen LogP contribution < -0.4 is 0 Å². The maximum absolute atomic E-state index is 14.2. The first-order valence-corrected chi connectivity index (χ1v) is 24.3. The van der Waals surface area contributed by atoms with Crippen LogP contribution in [0.4, 0.5) is 0 Å². The Hall–Kier alpha value is -2.78. The Kier molecular flexibility index (Phi) is 11.7. The number of H-pyrrole nitrogens is 1. The number of aromatic nitrogens is 1. The van der Waals surface area contributed by atoms with Crippen LogP contribution in [-0.2, 0) is 14.3 Å². The number of esters is 1. The summed E-state index contributed by atoms with van der Waals surface area (Å²) in [4.78, 5) is 31.0. The summed E-state index contributed by atoms with van der Waals surface area (Å²) in [5.41, 5.74) is -1.72. The Morgan fingerprint density at radius 1 is 0.903 bits per heavy atom. The average Bonchev–Trinajstić information content (AvgIpc) is 3.95. The molecule has 1 aromatic heterocycles. The molecule has 4 saturated carbocycles. The quantitative estimate of drug-likeness (QED) is 0.102. The van der Waals surface area contributed by atoms with Crippen LogP contribution in [-0.4, -0.2) is 90.1 Å². The van der Waals surface area contributed by atoms with Crippen LogP contribution in [0.3, 0.4) is 0 Å². The van der Waals surface area contributed by atoms with E-state index in [1.807, 2.05) is 32.3 Å². The zero-order chi connectivity index (χ0) is 44.1. The Morgan fingerprint density at radius 3 is 2.44 bits per heavy atom. The Labute approximate surface area is 368 Å². The molecule has 0 amide bonds. The Morgan fingerprint density at radius 2 is 1.69 bits per heavy atom. The van der Waals surface area contributed by atoms with E-state index in [1.165, 1.54) is 12.0 Å². The van der Waals surface area contributed by atoms with Gasteiger partial charge in [0.15, 0.2) is 5.78 Å². The predicted molar refractivity (Wildman–Crippen MR) is 234 cm³/mol. The molecule has 10 heteroatoms. The van der Waals surface area contributed by atoms with Crippen molar-refractivity contribution in [2.75, 3.05) is 13.2 Å². The normalized spacial score (nSPS) is 50.2. The number of carbonyl (C=O) groups is 2. The number of allylic oxidation sites excluding steroid dienone is 3. The molecule has 7 N–H and O–H groups in total. The third-order valence-corrected chi connectivity index (χ3v) is 19.4. The number of hydrogen-bond acceptors (Lipinski definition) is 9. The fraction of sp³-hybridized carbons (Fsp3) is 0.769. The highest BCUT2D eigenvalue weighted by Gasteiger charge is 2.72. The van der Waals surface area contributed by atoms with Gasteiger partial charge in [0.05, 0.1) is 42.0 Å². The van der Waals surface area contributed by atoms with Crippen molar-refractivity contribution in [3.05, 3.63) is 47.3 Å². The molecule has 8 aliphatic rings. The van der Waals surface area contributed by atoms with Crippen LogP contribution in [0, 0.1) is 93.7 Å². The Balaban J connectivity index is 1.19. The van der Waals surface area contributed by atoms with E-state index in [4.69, 9.17) is 4.74 Å². The number of hydrogen-bond donors (Lipinski definition) is 7. The minimum Gasteiger partial charge on any atom is -0.465 e. The van der Waals surface area contributed by atoms with Crippen LogP contribution in [0.1, 0.15) is 130 Å². The summed E-state index contributed by atoms with van der Waals surface area (Å²) in [7, 11) is 0. The number of aliphatic hydroxyl groups is 6. The summed E-state index contributed by atoms with van der Waals surface area (Å²) in [5.74, 6) is 5.82. The topological polar surface area (TPSA) is 181 Å². The molecule has 7 aliphatic carbocycles. The maximum atomic E-state index is 14.2. The number of aromatic amines is 1. The van der Waals surface area contributed by atoms with Crippen LogP contribution in [0.15, 0.2) is 41.8 Å². The highest BCUT2D eigenvalue weighted by atomic mass is 16.5. The lowest BCUT2D eigenvalue weighted by molar-refractivity contribution is -0.183. The molecule has 20 atom stereocenters. The summed E-state index contributed by atoms with van der Waals surface area (Å²) < 4.78 is 5.91. The zero-order valence-corrected chi connectivity index (χ0v) is 37.6. The van der Waals surface area contributed by atoms with E-state index in [0.717, 1.165) is 31.2 Å². The molecular formula is C52H73NO9. The van der Waals surface area contributed by atoms with Crippen molar-refractivity contribution in [1.82, 2.24) is 4.98 Å². The van der Waals surface area contributed by atoms with E-state index >= 15 is 0 Å². The molecule has 0 spiro atoms. The van der Waals surface area contributed by atoms with Gasteiger partial charge < -0.3 is 40.4 Å². The highest BCUT2D eigenvalue weighted by molar-refractivity contribution is 5.95. The van der Waals surface area contributed by atoms with E-state index in [9.17, 15) is 40.2 Å². The van der Waals surface area contributed by atoms with Crippen LogP contribution in [0.2, 0.25) is 0 Å². The molecule has 1 aliphatic heterocycles. The second-order valence-corrected chi connectivity index (χ2v) is 22.7. The number of ether oxygens (including phenoxy) is 1. The van der Waals surface area contributed by atoms with E-state index in [-0.39, 0.29) is 85.7 Å². The van der Waals surface area contributed by atoms with Gasteiger partial charge in [0.1, 0.15) is 0 Å². The van der Waals surface area contributed by atoms with Crippen molar-refractivity contribution < 1.29 is 45.0 Å².